The summed E-state index contributed by atoms with van der Waals surface area (Å²) in [6, 6.07) is 4.73. The number of nitro groups is 1. The molecule has 0 bridgehead atoms. The van der Waals surface area contributed by atoms with Crippen molar-refractivity contribution in [3.63, 3.8) is 0 Å². The third-order valence-electron chi connectivity index (χ3n) is 2.58. The number of rotatable bonds is 8. The average molecular weight is 273 g/mol. The van der Waals surface area contributed by atoms with Gasteiger partial charge in [-0.1, -0.05) is 17.7 Å². The Labute approximate surface area is 111 Å². The smallest absolute Gasteiger partial charge is 0.274 e. The van der Waals surface area contributed by atoms with Gasteiger partial charge in [-0.3, -0.25) is 10.1 Å². The number of aliphatic hydroxyl groups excluding tert-OH is 1. The molecule has 100 valence electrons. The molecule has 1 aromatic carbocycles. The zero-order valence-corrected chi connectivity index (χ0v) is 10.8. The fourth-order valence-corrected chi connectivity index (χ4v) is 1.79. The number of unbranched alkanes of at least 4 members (excludes halogenated alkanes) is 1. The fraction of sp³-hybridized carbons (Fsp3) is 0.500. The molecule has 0 fully saturated rings. The highest BCUT2D eigenvalue weighted by Crippen LogP contribution is 2.23. The van der Waals surface area contributed by atoms with Crippen LogP contribution < -0.4 is 5.32 Å². The van der Waals surface area contributed by atoms with E-state index in [4.69, 9.17) is 16.7 Å². The molecule has 1 rings (SSSR count). The van der Waals surface area contributed by atoms with Crippen LogP contribution in [0.15, 0.2) is 18.2 Å². The Morgan fingerprint density at radius 2 is 2.11 bits per heavy atom. The van der Waals surface area contributed by atoms with E-state index in [1.54, 1.807) is 12.1 Å². The first-order valence-corrected chi connectivity index (χ1v) is 6.27. The summed E-state index contributed by atoms with van der Waals surface area (Å²) in [4.78, 5) is 10.4. The molecule has 2 N–H and O–H groups in total. The second kappa shape index (κ2) is 8.02. The third-order valence-corrected chi connectivity index (χ3v) is 2.81. The summed E-state index contributed by atoms with van der Waals surface area (Å²) in [5.74, 6) is 0. The molecule has 0 saturated heterocycles. The highest BCUT2D eigenvalue weighted by atomic mass is 35.5. The van der Waals surface area contributed by atoms with Gasteiger partial charge in [-0.05, 0) is 38.4 Å². The van der Waals surface area contributed by atoms with Crippen LogP contribution in [0.1, 0.15) is 18.4 Å². The summed E-state index contributed by atoms with van der Waals surface area (Å²) in [7, 11) is 0. The van der Waals surface area contributed by atoms with E-state index in [0.29, 0.717) is 23.6 Å². The van der Waals surface area contributed by atoms with Gasteiger partial charge in [0, 0.05) is 23.3 Å². The Bertz CT molecular complexity index is 399. The predicted molar refractivity (Wildman–Crippen MR) is 71.0 cm³/mol. The summed E-state index contributed by atoms with van der Waals surface area (Å²) in [6.45, 7) is 1.68. The summed E-state index contributed by atoms with van der Waals surface area (Å²) in [6.07, 6.45) is 2.26. The van der Waals surface area contributed by atoms with Crippen molar-refractivity contribution in [1.29, 1.82) is 0 Å². The van der Waals surface area contributed by atoms with E-state index in [9.17, 15) is 10.1 Å². The van der Waals surface area contributed by atoms with E-state index in [1.165, 1.54) is 6.07 Å². The molecule has 6 heteroatoms. The van der Waals surface area contributed by atoms with Gasteiger partial charge < -0.3 is 10.4 Å². The Kier molecular flexibility index (Phi) is 6.64. The van der Waals surface area contributed by atoms with Gasteiger partial charge in [0.15, 0.2) is 0 Å². The quantitative estimate of drug-likeness (QED) is 0.432. The van der Waals surface area contributed by atoms with Crippen molar-refractivity contribution < 1.29 is 10.0 Å². The Hall–Kier alpha value is -1.17. The molecule has 0 unspecified atom stereocenters. The molecular formula is C12H17ClN2O3. The first-order chi connectivity index (χ1) is 8.65. The number of halogens is 1. The molecule has 0 aliphatic heterocycles. The molecule has 0 atom stereocenters. The van der Waals surface area contributed by atoms with Crippen LogP contribution >= 0.6 is 11.6 Å². The lowest BCUT2D eigenvalue weighted by molar-refractivity contribution is -0.385. The van der Waals surface area contributed by atoms with Crippen LogP contribution in [0.2, 0.25) is 5.02 Å². The number of nitrogens with zero attached hydrogens (tertiary/aromatic N) is 1. The zero-order valence-electron chi connectivity index (χ0n) is 10.1. The molecule has 0 aliphatic carbocycles. The maximum Gasteiger partial charge on any atom is 0.274 e. The van der Waals surface area contributed by atoms with E-state index < -0.39 is 4.92 Å². The normalized spacial score (nSPS) is 10.6. The number of benzene rings is 1. The van der Waals surface area contributed by atoms with Gasteiger partial charge >= 0.3 is 0 Å². The van der Waals surface area contributed by atoms with Crippen LogP contribution in [0.3, 0.4) is 0 Å². The monoisotopic (exact) mass is 272 g/mol. The number of hydrogen-bond donors (Lipinski definition) is 2. The molecule has 0 aliphatic rings. The number of nitrogens with one attached hydrogen (secondary N) is 1. The first kappa shape index (κ1) is 14.9. The predicted octanol–water partition coefficient (Wildman–Crippen LogP) is 2.15. The molecule has 0 saturated carbocycles. The van der Waals surface area contributed by atoms with E-state index in [2.05, 4.69) is 5.32 Å². The average Bonchev–Trinajstić information content (AvgIpc) is 2.35. The highest BCUT2D eigenvalue weighted by Gasteiger charge is 2.13. The maximum absolute atomic E-state index is 10.8. The molecular weight excluding hydrogens is 256 g/mol. The van der Waals surface area contributed by atoms with Crippen LogP contribution in [-0.4, -0.2) is 29.7 Å². The van der Waals surface area contributed by atoms with Crippen molar-refractivity contribution in [2.24, 2.45) is 0 Å². The van der Waals surface area contributed by atoms with Crippen LogP contribution in [0.25, 0.3) is 0 Å². The minimum atomic E-state index is -0.410. The summed E-state index contributed by atoms with van der Waals surface area (Å²) >= 11 is 5.74. The van der Waals surface area contributed by atoms with Crippen molar-refractivity contribution in [3.05, 3.63) is 38.9 Å². The van der Waals surface area contributed by atoms with Crippen LogP contribution in [0.4, 0.5) is 5.69 Å². The van der Waals surface area contributed by atoms with Gasteiger partial charge in [0.1, 0.15) is 0 Å². The lowest BCUT2D eigenvalue weighted by Gasteiger charge is -2.05. The van der Waals surface area contributed by atoms with E-state index in [1.807, 2.05) is 0 Å². The van der Waals surface area contributed by atoms with Gasteiger partial charge in [0.25, 0.3) is 5.69 Å². The van der Waals surface area contributed by atoms with Crippen molar-refractivity contribution in [2.75, 3.05) is 19.7 Å². The van der Waals surface area contributed by atoms with E-state index in [0.717, 1.165) is 19.4 Å². The topological polar surface area (TPSA) is 75.4 Å². The van der Waals surface area contributed by atoms with Crippen molar-refractivity contribution in [3.8, 4) is 0 Å². The molecule has 0 spiro atoms. The van der Waals surface area contributed by atoms with Gasteiger partial charge in [-0.2, -0.15) is 0 Å². The number of nitro benzene ring substituents is 1. The minimum Gasteiger partial charge on any atom is -0.396 e. The van der Waals surface area contributed by atoms with Gasteiger partial charge in [0.05, 0.1) is 4.92 Å². The summed E-state index contributed by atoms with van der Waals surface area (Å²) in [5.41, 5.74) is 0.749. The lowest BCUT2D eigenvalue weighted by atomic mass is 10.1. The Morgan fingerprint density at radius 1 is 1.33 bits per heavy atom. The van der Waals surface area contributed by atoms with Crippen LogP contribution in [-0.2, 0) is 6.42 Å². The Balaban J connectivity index is 2.44. The van der Waals surface area contributed by atoms with E-state index in [-0.39, 0.29) is 12.3 Å². The molecule has 1 aromatic rings. The van der Waals surface area contributed by atoms with Gasteiger partial charge in [-0.15, -0.1) is 0 Å². The van der Waals surface area contributed by atoms with Crippen LogP contribution in [0.5, 0.6) is 0 Å². The minimum absolute atomic E-state index is 0.0691. The van der Waals surface area contributed by atoms with Gasteiger partial charge in [0.2, 0.25) is 0 Å². The fourth-order valence-electron chi connectivity index (χ4n) is 1.63. The molecule has 0 aromatic heterocycles. The highest BCUT2D eigenvalue weighted by molar-refractivity contribution is 6.30. The number of hydrogen-bond acceptors (Lipinski definition) is 4. The standard InChI is InChI=1S/C12H17ClN2O3/c13-11-4-3-10(12(9-11)15(17)18)5-7-14-6-1-2-8-16/h3-4,9,14,16H,1-2,5-8H2. The van der Waals surface area contributed by atoms with Gasteiger partial charge in [-0.25, -0.2) is 0 Å². The second-order valence-corrected chi connectivity index (χ2v) is 4.40. The summed E-state index contributed by atoms with van der Waals surface area (Å²) in [5, 5.41) is 23.0. The molecule has 0 amide bonds. The maximum atomic E-state index is 10.8. The first-order valence-electron chi connectivity index (χ1n) is 5.89. The lowest BCUT2D eigenvalue weighted by Crippen LogP contribution is -2.19. The number of aliphatic hydroxyl groups is 1. The molecule has 5 nitrogen and oxygen atoms in total. The second-order valence-electron chi connectivity index (χ2n) is 3.96. The SMILES string of the molecule is O=[N+]([O-])c1cc(Cl)ccc1CCNCCCCO. The van der Waals surface area contributed by atoms with E-state index >= 15 is 0 Å². The molecule has 18 heavy (non-hydrogen) atoms. The molecule has 0 radical (unpaired) electrons. The van der Waals surface area contributed by atoms with Crippen molar-refractivity contribution in [2.45, 2.75) is 19.3 Å². The summed E-state index contributed by atoms with van der Waals surface area (Å²) < 4.78 is 0. The van der Waals surface area contributed by atoms with Crippen molar-refractivity contribution >= 4 is 17.3 Å². The zero-order chi connectivity index (χ0) is 13.4. The molecule has 0 heterocycles. The Morgan fingerprint density at radius 3 is 2.78 bits per heavy atom. The largest absolute Gasteiger partial charge is 0.396 e. The van der Waals surface area contributed by atoms with Crippen molar-refractivity contribution in [1.82, 2.24) is 5.32 Å². The third kappa shape index (κ3) is 5.00. The van der Waals surface area contributed by atoms with Crippen LogP contribution in [0, 0.1) is 10.1 Å².